The molecule has 1 aliphatic carbocycles. The molecule has 3 aromatic carbocycles. The van der Waals surface area contributed by atoms with Gasteiger partial charge in [0.25, 0.3) is 5.91 Å². The summed E-state index contributed by atoms with van der Waals surface area (Å²) in [6, 6.07) is 20.2. The number of carbonyl (C=O) groups excluding carboxylic acids is 2. The van der Waals surface area contributed by atoms with E-state index >= 15 is 0 Å². The molecule has 2 aliphatic rings. The molecule has 1 unspecified atom stereocenters. The van der Waals surface area contributed by atoms with Gasteiger partial charge in [0.1, 0.15) is 18.0 Å². The number of hydrogen-bond donors (Lipinski definition) is 1. The number of ether oxygens (including phenoxy) is 2. The van der Waals surface area contributed by atoms with Crippen LogP contribution < -0.4 is 10.1 Å². The Bertz CT molecular complexity index is 1320. The van der Waals surface area contributed by atoms with Crippen LogP contribution in [0.3, 0.4) is 0 Å². The normalized spacial score (nSPS) is 18.5. The molecule has 1 saturated carbocycles. The van der Waals surface area contributed by atoms with Crippen LogP contribution in [0.2, 0.25) is 0 Å². The maximum atomic E-state index is 13.5. The van der Waals surface area contributed by atoms with Gasteiger partial charge < -0.3 is 19.7 Å². The molecule has 2 fully saturated rings. The summed E-state index contributed by atoms with van der Waals surface area (Å²) in [4.78, 5) is 27.8. The van der Waals surface area contributed by atoms with Gasteiger partial charge in [0, 0.05) is 12.1 Å². The number of nitrogens with zero attached hydrogens (tertiary/aromatic N) is 1. The van der Waals surface area contributed by atoms with Crippen LogP contribution in [0.5, 0.6) is 5.75 Å². The summed E-state index contributed by atoms with van der Waals surface area (Å²) in [6.07, 6.45) is 3.33. The quantitative estimate of drug-likeness (QED) is 0.429. The van der Waals surface area contributed by atoms with E-state index in [4.69, 9.17) is 9.47 Å². The molecule has 5 rings (SSSR count). The molecule has 0 bridgehead atoms. The fourth-order valence-corrected chi connectivity index (χ4v) is 5.21. The van der Waals surface area contributed by atoms with Gasteiger partial charge in [0.2, 0.25) is 0 Å². The first kappa shape index (κ1) is 25.1. The van der Waals surface area contributed by atoms with Crippen LogP contribution in [0.15, 0.2) is 60.7 Å². The summed E-state index contributed by atoms with van der Waals surface area (Å²) < 4.78 is 11.7. The zero-order valence-corrected chi connectivity index (χ0v) is 22.2. The van der Waals surface area contributed by atoms with Crippen LogP contribution in [0.25, 0.3) is 10.8 Å². The van der Waals surface area contributed by atoms with Crippen molar-refractivity contribution in [2.45, 2.75) is 70.6 Å². The van der Waals surface area contributed by atoms with Crippen molar-refractivity contribution < 1.29 is 19.1 Å². The minimum Gasteiger partial charge on any atom is -0.491 e. The van der Waals surface area contributed by atoms with E-state index in [0.717, 1.165) is 31.2 Å². The van der Waals surface area contributed by atoms with Gasteiger partial charge in [-0.2, -0.15) is 0 Å². The van der Waals surface area contributed by atoms with Gasteiger partial charge in [-0.15, -0.1) is 0 Å². The zero-order valence-electron chi connectivity index (χ0n) is 22.2. The first-order valence-corrected chi connectivity index (χ1v) is 13.2. The summed E-state index contributed by atoms with van der Waals surface area (Å²) in [5.74, 6) is 0.534. The monoisotopic (exact) mass is 500 g/mol. The molecule has 1 atom stereocenters. The first-order valence-electron chi connectivity index (χ1n) is 13.2. The third kappa shape index (κ3) is 5.43. The lowest BCUT2D eigenvalue weighted by molar-refractivity contribution is 0.0187. The van der Waals surface area contributed by atoms with E-state index in [1.807, 2.05) is 58.0 Å². The molecule has 6 heteroatoms. The molecular formula is C31H36N2O4. The molecule has 6 nitrogen and oxygen atoms in total. The second kappa shape index (κ2) is 9.73. The van der Waals surface area contributed by atoms with Crippen molar-refractivity contribution in [2.24, 2.45) is 0 Å². The molecule has 194 valence electrons. The predicted octanol–water partition coefficient (Wildman–Crippen LogP) is 6.35. The number of fused-ring (bicyclic) bond motifs is 1. The number of likely N-dealkylation sites (tertiary alicyclic amines) is 1. The third-order valence-corrected chi connectivity index (χ3v) is 7.31. The fourth-order valence-electron chi connectivity index (χ4n) is 5.21. The Morgan fingerprint density at radius 2 is 1.81 bits per heavy atom. The van der Waals surface area contributed by atoms with Crippen molar-refractivity contribution in [1.82, 2.24) is 10.2 Å². The second-order valence-corrected chi connectivity index (χ2v) is 11.3. The van der Waals surface area contributed by atoms with Gasteiger partial charge in [0.05, 0.1) is 11.6 Å². The summed E-state index contributed by atoms with van der Waals surface area (Å²) in [6.45, 7) is 8.59. The molecule has 3 aromatic rings. The maximum absolute atomic E-state index is 13.5. The molecule has 0 radical (unpaired) electrons. The van der Waals surface area contributed by atoms with Crippen molar-refractivity contribution in [3.63, 3.8) is 0 Å². The topological polar surface area (TPSA) is 67.9 Å². The smallest absolute Gasteiger partial charge is 0.410 e. The number of amides is 2. The number of rotatable bonds is 6. The number of nitrogens with one attached hydrogen (secondary N) is 1. The van der Waals surface area contributed by atoms with E-state index in [9.17, 15) is 9.59 Å². The van der Waals surface area contributed by atoms with E-state index in [0.29, 0.717) is 24.5 Å². The van der Waals surface area contributed by atoms with Crippen LogP contribution in [0.4, 0.5) is 4.79 Å². The van der Waals surface area contributed by atoms with Gasteiger partial charge in [-0.05, 0) is 87.4 Å². The average molecular weight is 501 g/mol. The molecular weight excluding hydrogens is 464 g/mol. The SMILES string of the molecule is Cc1ccc(OCC2CCCN2C(=O)OC(C)(C)C)cc1C(=O)NC1(c2cccc3ccccc23)CC1. The lowest BCUT2D eigenvalue weighted by atomic mass is 9.96. The molecule has 0 aromatic heterocycles. The minimum absolute atomic E-state index is 0.0467. The second-order valence-electron chi connectivity index (χ2n) is 11.3. The van der Waals surface area contributed by atoms with Crippen LogP contribution in [0, 0.1) is 6.92 Å². The van der Waals surface area contributed by atoms with Gasteiger partial charge in [0.15, 0.2) is 0 Å². The van der Waals surface area contributed by atoms with Crippen molar-refractivity contribution in [1.29, 1.82) is 0 Å². The summed E-state index contributed by atoms with van der Waals surface area (Å²) >= 11 is 0. The van der Waals surface area contributed by atoms with E-state index in [-0.39, 0.29) is 23.6 Å². The highest BCUT2D eigenvalue weighted by molar-refractivity contribution is 5.97. The molecule has 37 heavy (non-hydrogen) atoms. The zero-order chi connectivity index (χ0) is 26.2. The van der Waals surface area contributed by atoms with Gasteiger partial charge >= 0.3 is 6.09 Å². The van der Waals surface area contributed by atoms with Crippen molar-refractivity contribution >= 4 is 22.8 Å². The van der Waals surface area contributed by atoms with Crippen molar-refractivity contribution in [2.75, 3.05) is 13.2 Å². The van der Waals surface area contributed by atoms with Crippen molar-refractivity contribution in [3.8, 4) is 5.75 Å². The van der Waals surface area contributed by atoms with Gasteiger partial charge in [-0.25, -0.2) is 4.79 Å². The molecule has 1 saturated heterocycles. The first-order chi connectivity index (χ1) is 17.7. The Balaban J connectivity index is 1.28. The third-order valence-electron chi connectivity index (χ3n) is 7.31. The number of aryl methyl sites for hydroxylation is 1. The molecule has 1 heterocycles. The predicted molar refractivity (Wildman–Crippen MR) is 145 cm³/mol. The molecule has 0 spiro atoms. The lowest BCUT2D eigenvalue weighted by Gasteiger charge is -2.28. The van der Waals surface area contributed by atoms with Crippen LogP contribution in [-0.4, -0.2) is 41.7 Å². The van der Waals surface area contributed by atoms with Gasteiger partial charge in [-0.1, -0.05) is 48.5 Å². The Morgan fingerprint density at radius 3 is 2.57 bits per heavy atom. The van der Waals surface area contributed by atoms with E-state index in [1.165, 1.54) is 16.3 Å². The standard InChI is InChI=1S/C31H36N2O4/c1-21-14-15-24(36-20-23-11-8-18-33(23)29(35)37-30(2,3)4)19-26(21)28(34)32-31(16-17-31)27-13-7-10-22-9-5-6-12-25(22)27/h5-7,9-10,12-15,19,23H,8,11,16-18,20H2,1-4H3,(H,32,34). The van der Waals surface area contributed by atoms with Crippen LogP contribution in [-0.2, 0) is 10.3 Å². The Morgan fingerprint density at radius 1 is 1.05 bits per heavy atom. The highest BCUT2D eigenvalue weighted by atomic mass is 16.6. The molecule has 1 aliphatic heterocycles. The molecule has 1 N–H and O–H groups in total. The van der Waals surface area contributed by atoms with E-state index in [1.54, 1.807) is 4.90 Å². The number of hydrogen-bond acceptors (Lipinski definition) is 4. The Kier molecular flexibility index (Phi) is 6.61. The van der Waals surface area contributed by atoms with E-state index in [2.05, 4.69) is 35.6 Å². The lowest BCUT2D eigenvalue weighted by Crippen LogP contribution is -2.42. The number of carbonyl (C=O) groups is 2. The van der Waals surface area contributed by atoms with Crippen LogP contribution >= 0.6 is 0 Å². The highest BCUT2D eigenvalue weighted by Gasteiger charge is 2.46. The molecule has 2 amide bonds. The van der Waals surface area contributed by atoms with Crippen molar-refractivity contribution in [3.05, 3.63) is 77.4 Å². The summed E-state index contributed by atoms with van der Waals surface area (Å²) in [5.41, 5.74) is 1.82. The summed E-state index contributed by atoms with van der Waals surface area (Å²) in [5, 5.41) is 5.70. The fraction of sp³-hybridized carbons (Fsp3) is 0.419. The Labute approximate surface area is 218 Å². The van der Waals surface area contributed by atoms with Crippen LogP contribution in [0.1, 0.15) is 67.9 Å². The maximum Gasteiger partial charge on any atom is 0.410 e. The Hall–Kier alpha value is -3.54. The number of benzene rings is 3. The van der Waals surface area contributed by atoms with E-state index < -0.39 is 5.60 Å². The largest absolute Gasteiger partial charge is 0.491 e. The average Bonchev–Trinajstić information content (AvgIpc) is 3.47. The summed E-state index contributed by atoms with van der Waals surface area (Å²) in [7, 11) is 0. The highest BCUT2D eigenvalue weighted by Crippen LogP contribution is 2.48. The van der Waals surface area contributed by atoms with Gasteiger partial charge in [-0.3, -0.25) is 4.79 Å². The minimum atomic E-state index is -0.532.